The molecule has 0 saturated heterocycles. The number of anilines is 2. The number of hydrogen-bond acceptors (Lipinski definition) is 5. The molecule has 1 N–H and O–H groups in total. The van der Waals surface area contributed by atoms with Crippen molar-refractivity contribution >= 4 is 34.1 Å². The van der Waals surface area contributed by atoms with Crippen LogP contribution in [0.25, 0.3) is 28.0 Å². The van der Waals surface area contributed by atoms with E-state index >= 15 is 0 Å². The summed E-state index contributed by atoms with van der Waals surface area (Å²) in [6.45, 7) is 1.96. The van der Waals surface area contributed by atoms with E-state index in [1.54, 1.807) is 34.6 Å². The molecule has 0 aliphatic heterocycles. The Hall–Kier alpha value is -3.78. The normalized spacial score (nSPS) is 11.2. The third-order valence-corrected chi connectivity index (χ3v) is 5.35. The third-order valence-electron chi connectivity index (χ3n) is 5.00. The number of benzene rings is 2. The highest BCUT2D eigenvalue weighted by atomic mass is 35.5. The Balaban J connectivity index is 1.51. The summed E-state index contributed by atoms with van der Waals surface area (Å²) in [4.78, 5) is 8.69. The second-order valence-electron chi connectivity index (χ2n) is 7.04. The average molecular weight is 434 g/mol. The zero-order valence-corrected chi connectivity index (χ0v) is 17.5. The molecule has 0 amide bonds. The number of rotatable bonds is 4. The molecule has 7 nitrogen and oxygen atoms in total. The highest BCUT2D eigenvalue weighted by Gasteiger charge is 2.17. The van der Waals surface area contributed by atoms with Gasteiger partial charge in [0.15, 0.2) is 5.82 Å². The number of halogens is 2. The molecule has 0 aliphatic rings. The molecule has 0 unspecified atom stereocenters. The Bertz CT molecular complexity index is 1410. The first kappa shape index (κ1) is 19.2. The molecular weight excluding hydrogens is 417 g/mol. The molecule has 0 aliphatic carbocycles. The van der Waals surface area contributed by atoms with E-state index in [0.29, 0.717) is 28.2 Å². The fraction of sp³-hybridized carbons (Fsp3) is 0.0909. The summed E-state index contributed by atoms with van der Waals surface area (Å²) in [5, 5.41) is 13.8. The number of nitrogens with zero attached hydrogens (tertiary/aromatic N) is 6. The molecule has 3 heterocycles. The zero-order valence-electron chi connectivity index (χ0n) is 16.7. The van der Waals surface area contributed by atoms with E-state index in [2.05, 4.69) is 25.5 Å². The molecule has 2 aromatic carbocycles. The average Bonchev–Trinajstić information content (AvgIpc) is 3.26. The second kappa shape index (κ2) is 7.48. The van der Waals surface area contributed by atoms with Crippen LogP contribution >= 0.6 is 11.6 Å². The standard InChI is InChI=1S/C22H17ClFN7/c1-13-16-5-3-4-6-17(16)31(28-13)19-11-18(25-12-26-19)27-22-20(23)21(29-30(22)2)14-7-9-15(24)10-8-14/h3-12H,1-2H3,(H,25,26,27). The van der Waals surface area contributed by atoms with Crippen LogP contribution in [0.5, 0.6) is 0 Å². The first-order valence-electron chi connectivity index (χ1n) is 9.53. The van der Waals surface area contributed by atoms with Crippen LogP contribution in [0.4, 0.5) is 16.0 Å². The van der Waals surface area contributed by atoms with Crippen LogP contribution in [0.3, 0.4) is 0 Å². The monoisotopic (exact) mass is 433 g/mol. The molecule has 0 atom stereocenters. The molecule has 31 heavy (non-hydrogen) atoms. The van der Waals surface area contributed by atoms with E-state index in [1.807, 2.05) is 31.2 Å². The smallest absolute Gasteiger partial charge is 0.159 e. The Kier molecular flexibility index (Phi) is 4.63. The first-order chi connectivity index (χ1) is 15.0. The van der Waals surface area contributed by atoms with Gasteiger partial charge in [0, 0.05) is 24.1 Å². The van der Waals surface area contributed by atoms with Crippen molar-refractivity contribution in [1.82, 2.24) is 29.5 Å². The molecule has 154 valence electrons. The molecule has 0 radical (unpaired) electrons. The van der Waals surface area contributed by atoms with E-state index in [0.717, 1.165) is 22.2 Å². The molecule has 0 spiro atoms. The van der Waals surface area contributed by atoms with Crippen molar-refractivity contribution in [2.75, 3.05) is 5.32 Å². The van der Waals surface area contributed by atoms with Gasteiger partial charge in [-0.3, -0.25) is 4.68 Å². The Morgan fingerprint density at radius 2 is 1.77 bits per heavy atom. The van der Waals surface area contributed by atoms with Crippen LogP contribution in [-0.2, 0) is 7.05 Å². The van der Waals surface area contributed by atoms with Gasteiger partial charge in [-0.25, -0.2) is 19.0 Å². The zero-order chi connectivity index (χ0) is 21.5. The fourth-order valence-electron chi connectivity index (χ4n) is 3.48. The topological polar surface area (TPSA) is 73.5 Å². The van der Waals surface area contributed by atoms with Gasteiger partial charge in [-0.1, -0.05) is 29.8 Å². The molecule has 9 heteroatoms. The van der Waals surface area contributed by atoms with Crippen LogP contribution in [0.2, 0.25) is 5.02 Å². The molecular formula is C22H17ClFN7. The second-order valence-corrected chi connectivity index (χ2v) is 7.42. The number of para-hydroxylation sites is 1. The van der Waals surface area contributed by atoms with E-state index in [4.69, 9.17) is 11.6 Å². The van der Waals surface area contributed by atoms with Crippen LogP contribution in [0, 0.1) is 12.7 Å². The Morgan fingerprint density at radius 3 is 2.58 bits per heavy atom. The van der Waals surface area contributed by atoms with Gasteiger partial charge in [0.2, 0.25) is 0 Å². The minimum Gasteiger partial charge on any atom is -0.324 e. The van der Waals surface area contributed by atoms with Crippen LogP contribution in [0.15, 0.2) is 60.9 Å². The summed E-state index contributed by atoms with van der Waals surface area (Å²) >= 11 is 6.59. The lowest BCUT2D eigenvalue weighted by Gasteiger charge is -2.08. The highest BCUT2D eigenvalue weighted by molar-refractivity contribution is 6.35. The number of aryl methyl sites for hydroxylation is 2. The lowest BCUT2D eigenvalue weighted by atomic mass is 10.1. The summed E-state index contributed by atoms with van der Waals surface area (Å²) < 4.78 is 16.7. The largest absolute Gasteiger partial charge is 0.324 e. The van der Waals surface area contributed by atoms with E-state index in [-0.39, 0.29) is 5.82 Å². The number of fused-ring (bicyclic) bond motifs is 1. The highest BCUT2D eigenvalue weighted by Crippen LogP contribution is 2.34. The first-order valence-corrected chi connectivity index (χ1v) is 9.91. The third kappa shape index (κ3) is 3.40. The summed E-state index contributed by atoms with van der Waals surface area (Å²) in [6.07, 6.45) is 1.47. The number of nitrogens with one attached hydrogen (secondary N) is 1. The van der Waals surface area contributed by atoms with E-state index in [1.165, 1.54) is 18.5 Å². The van der Waals surface area contributed by atoms with Gasteiger partial charge in [-0.2, -0.15) is 10.2 Å². The predicted molar refractivity (Wildman–Crippen MR) is 118 cm³/mol. The summed E-state index contributed by atoms with van der Waals surface area (Å²) in [7, 11) is 1.77. The minimum atomic E-state index is -0.316. The lowest BCUT2D eigenvalue weighted by molar-refractivity contribution is 0.628. The molecule has 3 aromatic heterocycles. The van der Waals surface area contributed by atoms with Crippen molar-refractivity contribution in [3.8, 4) is 17.1 Å². The van der Waals surface area contributed by atoms with Gasteiger partial charge < -0.3 is 5.32 Å². The lowest BCUT2D eigenvalue weighted by Crippen LogP contribution is -2.05. The van der Waals surface area contributed by atoms with E-state index < -0.39 is 0 Å². The Morgan fingerprint density at radius 1 is 1.00 bits per heavy atom. The molecule has 0 fully saturated rings. The maximum atomic E-state index is 13.3. The summed E-state index contributed by atoms with van der Waals surface area (Å²) in [5.74, 6) is 1.41. The maximum Gasteiger partial charge on any atom is 0.159 e. The maximum absolute atomic E-state index is 13.3. The van der Waals surface area contributed by atoms with Gasteiger partial charge >= 0.3 is 0 Å². The van der Waals surface area contributed by atoms with E-state index in [9.17, 15) is 4.39 Å². The van der Waals surface area contributed by atoms with Gasteiger partial charge in [0.25, 0.3) is 0 Å². The van der Waals surface area contributed by atoms with Crippen LogP contribution in [0.1, 0.15) is 5.69 Å². The van der Waals surface area contributed by atoms with Crippen molar-refractivity contribution in [2.45, 2.75) is 6.92 Å². The van der Waals surface area contributed by atoms with Crippen LogP contribution in [-0.4, -0.2) is 29.5 Å². The van der Waals surface area contributed by atoms with Gasteiger partial charge in [0.1, 0.15) is 34.5 Å². The molecule has 5 rings (SSSR count). The predicted octanol–water partition coefficient (Wildman–Crippen LogP) is 5.06. The molecule has 5 aromatic rings. The van der Waals surface area contributed by atoms with Crippen molar-refractivity contribution in [2.24, 2.45) is 7.05 Å². The van der Waals surface area contributed by atoms with Crippen molar-refractivity contribution in [3.05, 3.63) is 77.5 Å². The molecule has 0 saturated carbocycles. The molecule has 0 bridgehead atoms. The summed E-state index contributed by atoms with van der Waals surface area (Å²) in [6, 6.07) is 15.8. The van der Waals surface area contributed by atoms with Gasteiger partial charge in [0.05, 0.1) is 11.2 Å². The van der Waals surface area contributed by atoms with Gasteiger partial charge in [-0.15, -0.1) is 0 Å². The minimum absolute atomic E-state index is 0.316. The fourth-order valence-corrected chi connectivity index (χ4v) is 3.79. The number of aromatic nitrogens is 6. The number of hydrogen-bond donors (Lipinski definition) is 1. The SMILES string of the molecule is Cc1nn(-c2cc(Nc3c(Cl)c(-c4ccc(F)cc4)nn3C)ncn2)c2ccccc12. The van der Waals surface area contributed by atoms with Crippen molar-refractivity contribution in [1.29, 1.82) is 0 Å². The van der Waals surface area contributed by atoms with Crippen molar-refractivity contribution < 1.29 is 4.39 Å². The Labute approximate surface area is 182 Å². The quantitative estimate of drug-likeness (QED) is 0.429. The van der Waals surface area contributed by atoms with Crippen LogP contribution < -0.4 is 5.32 Å². The van der Waals surface area contributed by atoms with Crippen molar-refractivity contribution in [3.63, 3.8) is 0 Å². The summed E-state index contributed by atoms with van der Waals surface area (Å²) in [5.41, 5.74) is 3.15. The van der Waals surface area contributed by atoms with Gasteiger partial charge in [-0.05, 0) is 37.3 Å².